The number of ether oxygens (including phenoxy) is 1. The number of carbonyl (C=O) groups is 1. The first-order valence-electron chi connectivity index (χ1n) is 8.26. The molecule has 0 radical (unpaired) electrons. The van der Waals surface area contributed by atoms with E-state index in [2.05, 4.69) is 0 Å². The predicted molar refractivity (Wildman–Crippen MR) is 100 cm³/mol. The molecule has 0 atom stereocenters. The number of piperidine rings is 1. The molecule has 0 bridgehead atoms. The molecule has 0 saturated carbocycles. The van der Waals surface area contributed by atoms with Crippen LogP contribution in [-0.4, -0.2) is 49.9 Å². The third-order valence-electron chi connectivity index (χ3n) is 4.11. The van der Waals surface area contributed by atoms with Crippen molar-refractivity contribution in [1.82, 2.24) is 4.90 Å². The molecule has 1 fully saturated rings. The van der Waals surface area contributed by atoms with Gasteiger partial charge in [-0.3, -0.25) is 4.79 Å². The van der Waals surface area contributed by atoms with Crippen LogP contribution in [0.4, 0.5) is 0 Å². The summed E-state index contributed by atoms with van der Waals surface area (Å²) in [6.07, 6.45) is 0.949. The summed E-state index contributed by atoms with van der Waals surface area (Å²) in [7, 11) is -3.10. The van der Waals surface area contributed by atoms with Crippen molar-refractivity contribution in [3.05, 3.63) is 28.2 Å². The summed E-state index contributed by atoms with van der Waals surface area (Å²) in [4.78, 5) is 13.9. The topological polar surface area (TPSA) is 63.7 Å². The summed E-state index contributed by atoms with van der Waals surface area (Å²) < 4.78 is 30.0. The Balaban J connectivity index is 1.85. The Hall–Kier alpha value is -0.980. The highest BCUT2D eigenvalue weighted by atomic mass is 35.5. The maximum Gasteiger partial charge on any atom is 0.260 e. The monoisotopic (exact) mass is 407 g/mol. The van der Waals surface area contributed by atoms with Crippen molar-refractivity contribution in [3.8, 4) is 5.75 Å². The maximum absolute atomic E-state index is 12.3. The smallest absolute Gasteiger partial charge is 0.260 e. The third-order valence-corrected chi connectivity index (χ3v) is 7.26. The lowest BCUT2D eigenvalue weighted by Crippen LogP contribution is -2.45. The summed E-state index contributed by atoms with van der Waals surface area (Å²) in [6, 6.07) is 4.80. The molecule has 1 heterocycles. The lowest BCUT2D eigenvalue weighted by atomic mass is 10.1. The number of nitrogens with zero attached hydrogens (tertiary/aromatic N) is 1. The van der Waals surface area contributed by atoms with Crippen molar-refractivity contribution in [2.45, 2.75) is 31.9 Å². The van der Waals surface area contributed by atoms with Crippen molar-refractivity contribution in [2.75, 3.05) is 25.4 Å². The normalized spacial score (nSPS) is 16.3. The van der Waals surface area contributed by atoms with Crippen LogP contribution in [0.2, 0.25) is 10.0 Å². The number of amides is 1. The number of sulfone groups is 1. The average Bonchev–Trinajstić information content (AvgIpc) is 2.52. The zero-order valence-electron chi connectivity index (χ0n) is 14.4. The molecule has 8 heteroatoms. The van der Waals surface area contributed by atoms with Gasteiger partial charge in [0.25, 0.3) is 5.91 Å². The fraction of sp³-hybridized carbons (Fsp3) is 0.588. The first kappa shape index (κ1) is 20.3. The molecule has 1 saturated heterocycles. The molecular weight excluding hydrogens is 385 g/mol. The SMILES string of the molecule is CC(C)CS(=O)(=O)C1CCN(C(=O)COc2ccc(Cl)cc2Cl)CC1. The van der Waals surface area contributed by atoms with Crippen molar-refractivity contribution in [3.63, 3.8) is 0 Å². The van der Waals surface area contributed by atoms with Crippen LogP contribution in [0.5, 0.6) is 5.75 Å². The van der Waals surface area contributed by atoms with Gasteiger partial charge in [0.2, 0.25) is 0 Å². The molecule has 0 aliphatic carbocycles. The van der Waals surface area contributed by atoms with E-state index in [4.69, 9.17) is 27.9 Å². The van der Waals surface area contributed by atoms with Gasteiger partial charge >= 0.3 is 0 Å². The highest BCUT2D eigenvalue weighted by Crippen LogP contribution is 2.27. The van der Waals surface area contributed by atoms with Crippen LogP contribution in [-0.2, 0) is 14.6 Å². The van der Waals surface area contributed by atoms with Crippen LogP contribution in [0, 0.1) is 5.92 Å². The molecule has 0 N–H and O–H groups in total. The second-order valence-corrected chi connectivity index (χ2v) is 9.84. The van der Waals surface area contributed by atoms with Crippen LogP contribution in [0.25, 0.3) is 0 Å². The lowest BCUT2D eigenvalue weighted by Gasteiger charge is -2.32. The van der Waals surface area contributed by atoms with E-state index in [0.717, 1.165) is 0 Å². The van der Waals surface area contributed by atoms with E-state index in [0.29, 0.717) is 41.7 Å². The fourth-order valence-corrected chi connectivity index (χ4v) is 5.48. The minimum Gasteiger partial charge on any atom is -0.482 e. The van der Waals surface area contributed by atoms with E-state index in [1.807, 2.05) is 13.8 Å². The van der Waals surface area contributed by atoms with Gasteiger partial charge in [-0.2, -0.15) is 0 Å². The van der Waals surface area contributed by atoms with Crippen LogP contribution in [0.3, 0.4) is 0 Å². The maximum atomic E-state index is 12.3. The predicted octanol–water partition coefficient (Wildman–Crippen LogP) is 3.43. The van der Waals surface area contributed by atoms with Gasteiger partial charge in [0.15, 0.2) is 16.4 Å². The van der Waals surface area contributed by atoms with Crippen molar-refractivity contribution in [2.24, 2.45) is 5.92 Å². The number of likely N-dealkylation sites (tertiary alicyclic amines) is 1. The van der Waals surface area contributed by atoms with E-state index in [1.54, 1.807) is 23.1 Å². The standard InChI is InChI=1S/C17H23Cl2NO4S/c1-12(2)11-25(22,23)14-5-7-20(8-6-14)17(21)10-24-16-4-3-13(18)9-15(16)19/h3-4,9,12,14H,5-8,10-11H2,1-2H3. The highest BCUT2D eigenvalue weighted by Gasteiger charge is 2.31. The van der Waals surface area contributed by atoms with Gasteiger partial charge in [0.05, 0.1) is 16.0 Å². The minimum atomic E-state index is -3.10. The number of carbonyl (C=O) groups excluding carboxylic acids is 1. The van der Waals surface area contributed by atoms with Crippen LogP contribution in [0.1, 0.15) is 26.7 Å². The van der Waals surface area contributed by atoms with Crippen molar-refractivity contribution >= 4 is 38.9 Å². The van der Waals surface area contributed by atoms with Gasteiger partial charge in [-0.1, -0.05) is 37.0 Å². The first-order valence-corrected chi connectivity index (χ1v) is 10.7. The Morgan fingerprint density at radius 2 is 1.92 bits per heavy atom. The minimum absolute atomic E-state index is 0.113. The molecule has 1 aromatic carbocycles. The van der Waals surface area contributed by atoms with Crippen LogP contribution in [0.15, 0.2) is 18.2 Å². The van der Waals surface area contributed by atoms with Crippen molar-refractivity contribution in [1.29, 1.82) is 0 Å². The van der Waals surface area contributed by atoms with E-state index in [9.17, 15) is 13.2 Å². The summed E-state index contributed by atoms with van der Waals surface area (Å²) in [6.45, 7) is 4.52. The second kappa shape index (κ2) is 8.60. The number of hydrogen-bond donors (Lipinski definition) is 0. The molecule has 1 aliphatic rings. The molecule has 0 unspecified atom stereocenters. The number of hydrogen-bond acceptors (Lipinski definition) is 4. The molecule has 1 amide bonds. The van der Waals surface area contributed by atoms with E-state index < -0.39 is 9.84 Å². The van der Waals surface area contributed by atoms with Gasteiger partial charge < -0.3 is 9.64 Å². The highest BCUT2D eigenvalue weighted by molar-refractivity contribution is 7.92. The Kier molecular flexibility index (Phi) is 7.00. The van der Waals surface area contributed by atoms with Gasteiger partial charge in [-0.15, -0.1) is 0 Å². The third kappa shape index (κ3) is 5.76. The van der Waals surface area contributed by atoms with Crippen LogP contribution >= 0.6 is 23.2 Å². The molecule has 1 aromatic rings. The van der Waals surface area contributed by atoms with Gasteiger partial charge in [0, 0.05) is 18.1 Å². The van der Waals surface area contributed by atoms with Crippen LogP contribution < -0.4 is 4.74 Å². The number of halogens is 2. The van der Waals surface area contributed by atoms with Gasteiger partial charge in [-0.25, -0.2) is 8.42 Å². The molecular formula is C17H23Cl2NO4S. The van der Waals surface area contributed by atoms with E-state index in [-0.39, 0.29) is 29.4 Å². The summed E-state index contributed by atoms with van der Waals surface area (Å²) in [5.74, 6) is 0.533. The average molecular weight is 408 g/mol. The zero-order chi connectivity index (χ0) is 18.6. The number of benzene rings is 1. The Morgan fingerprint density at radius 1 is 1.28 bits per heavy atom. The van der Waals surface area contributed by atoms with Gasteiger partial charge in [0.1, 0.15) is 5.75 Å². The molecule has 25 heavy (non-hydrogen) atoms. The molecule has 140 valence electrons. The largest absolute Gasteiger partial charge is 0.482 e. The first-order chi connectivity index (χ1) is 11.7. The molecule has 0 aromatic heterocycles. The van der Waals surface area contributed by atoms with E-state index >= 15 is 0 Å². The fourth-order valence-electron chi connectivity index (χ4n) is 2.89. The summed E-state index contributed by atoms with van der Waals surface area (Å²) in [5, 5.41) is 0.484. The second-order valence-electron chi connectivity index (χ2n) is 6.67. The quantitative estimate of drug-likeness (QED) is 0.724. The summed E-state index contributed by atoms with van der Waals surface area (Å²) >= 11 is 11.8. The number of rotatable bonds is 6. The lowest BCUT2D eigenvalue weighted by molar-refractivity contribution is -0.134. The summed E-state index contributed by atoms with van der Waals surface area (Å²) in [5.41, 5.74) is 0. The zero-order valence-corrected chi connectivity index (χ0v) is 16.7. The molecule has 5 nitrogen and oxygen atoms in total. The molecule has 1 aliphatic heterocycles. The van der Waals surface area contributed by atoms with E-state index in [1.165, 1.54) is 0 Å². The Labute approximate surface area is 159 Å². The Morgan fingerprint density at radius 3 is 2.48 bits per heavy atom. The Bertz CT molecular complexity index is 713. The molecule has 2 rings (SSSR count). The molecule has 0 spiro atoms. The van der Waals surface area contributed by atoms with Gasteiger partial charge in [-0.05, 0) is 37.0 Å². The van der Waals surface area contributed by atoms with Crippen molar-refractivity contribution < 1.29 is 17.9 Å².